The molecule has 0 spiro atoms. The summed E-state index contributed by atoms with van der Waals surface area (Å²) < 4.78 is 10.7. The molecule has 1 N–H and O–H groups in total. The van der Waals surface area contributed by atoms with Crippen LogP contribution in [0.5, 0.6) is 5.75 Å². The highest BCUT2D eigenvalue weighted by Crippen LogP contribution is 2.27. The van der Waals surface area contributed by atoms with E-state index in [1.54, 1.807) is 42.5 Å². The maximum absolute atomic E-state index is 12.5. The molecule has 0 aliphatic carbocycles. The Morgan fingerprint density at radius 1 is 1.07 bits per heavy atom. The zero-order chi connectivity index (χ0) is 19.8. The van der Waals surface area contributed by atoms with Crippen molar-refractivity contribution in [2.24, 2.45) is 5.92 Å². The molecule has 0 fully saturated rings. The monoisotopic (exact) mass is 389 g/mol. The predicted molar refractivity (Wildman–Crippen MR) is 106 cm³/mol. The number of hydrogen-bond acceptors (Lipinski definition) is 4. The van der Waals surface area contributed by atoms with Crippen LogP contribution in [0, 0.1) is 5.92 Å². The molecule has 2 rings (SSSR count). The van der Waals surface area contributed by atoms with Gasteiger partial charge in [-0.3, -0.25) is 9.59 Å². The van der Waals surface area contributed by atoms with Gasteiger partial charge in [0, 0.05) is 5.02 Å². The van der Waals surface area contributed by atoms with Crippen LogP contribution in [0.2, 0.25) is 5.02 Å². The first kappa shape index (κ1) is 20.8. The van der Waals surface area contributed by atoms with Crippen LogP contribution in [-0.2, 0) is 14.3 Å². The number of carbonyl (C=O) groups is 2. The standard InChI is InChI=1S/C21H24ClNO4/c1-4-26-18-8-6-5-7-17(18)23-19(24)13-27-21(25)20(14(2)3)15-9-11-16(22)12-10-15/h5-12,14,20H,4,13H2,1-3H3,(H,23,24)/t20-/m0/s1. The highest BCUT2D eigenvalue weighted by atomic mass is 35.5. The molecule has 0 radical (unpaired) electrons. The van der Waals surface area contributed by atoms with Gasteiger partial charge in [-0.1, -0.05) is 49.7 Å². The fourth-order valence-electron chi connectivity index (χ4n) is 2.73. The van der Waals surface area contributed by atoms with Crippen molar-refractivity contribution < 1.29 is 19.1 Å². The van der Waals surface area contributed by atoms with Crippen LogP contribution < -0.4 is 10.1 Å². The smallest absolute Gasteiger partial charge is 0.314 e. The lowest BCUT2D eigenvalue weighted by Crippen LogP contribution is -2.26. The van der Waals surface area contributed by atoms with Gasteiger partial charge in [-0.15, -0.1) is 0 Å². The van der Waals surface area contributed by atoms with E-state index in [0.717, 1.165) is 5.56 Å². The maximum Gasteiger partial charge on any atom is 0.314 e. The molecule has 1 amide bonds. The molecular formula is C21H24ClNO4. The average molecular weight is 390 g/mol. The van der Waals surface area contributed by atoms with Crippen LogP contribution >= 0.6 is 11.6 Å². The van der Waals surface area contributed by atoms with E-state index in [2.05, 4.69) is 5.32 Å². The summed E-state index contributed by atoms with van der Waals surface area (Å²) in [6.45, 7) is 5.84. The van der Waals surface area contributed by atoms with Crippen molar-refractivity contribution in [2.75, 3.05) is 18.5 Å². The van der Waals surface area contributed by atoms with Crippen molar-refractivity contribution in [1.29, 1.82) is 0 Å². The first-order chi connectivity index (χ1) is 12.9. The molecule has 0 aliphatic heterocycles. The zero-order valence-corrected chi connectivity index (χ0v) is 16.5. The summed E-state index contributed by atoms with van der Waals surface area (Å²) in [5.41, 5.74) is 1.35. The molecule has 144 valence electrons. The number of esters is 1. The largest absolute Gasteiger partial charge is 0.492 e. The van der Waals surface area contributed by atoms with E-state index in [0.29, 0.717) is 23.1 Å². The van der Waals surface area contributed by atoms with Crippen LogP contribution in [-0.4, -0.2) is 25.1 Å². The van der Waals surface area contributed by atoms with Gasteiger partial charge in [0.15, 0.2) is 6.61 Å². The first-order valence-corrected chi connectivity index (χ1v) is 9.24. The number of ether oxygens (including phenoxy) is 2. The van der Waals surface area contributed by atoms with Crippen LogP contribution in [0.4, 0.5) is 5.69 Å². The molecule has 0 saturated carbocycles. The predicted octanol–water partition coefficient (Wildman–Crippen LogP) is 4.66. The highest BCUT2D eigenvalue weighted by molar-refractivity contribution is 6.30. The molecule has 0 aliphatic rings. The Morgan fingerprint density at radius 2 is 1.74 bits per heavy atom. The van der Waals surface area contributed by atoms with Crippen molar-refractivity contribution in [1.82, 2.24) is 0 Å². The third kappa shape index (κ3) is 6.00. The number of nitrogens with one attached hydrogen (secondary N) is 1. The van der Waals surface area contributed by atoms with E-state index >= 15 is 0 Å². The summed E-state index contributed by atoms with van der Waals surface area (Å²) in [5, 5.41) is 3.31. The van der Waals surface area contributed by atoms with Gasteiger partial charge in [0.1, 0.15) is 5.75 Å². The van der Waals surface area contributed by atoms with Crippen molar-refractivity contribution in [3.63, 3.8) is 0 Å². The average Bonchev–Trinajstić information content (AvgIpc) is 2.63. The molecule has 5 nitrogen and oxygen atoms in total. The van der Waals surface area contributed by atoms with E-state index in [4.69, 9.17) is 21.1 Å². The molecule has 6 heteroatoms. The van der Waals surface area contributed by atoms with Gasteiger partial charge in [-0.05, 0) is 42.7 Å². The Bertz CT molecular complexity index is 774. The maximum atomic E-state index is 12.5. The van der Waals surface area contributed by atoms with Crippen LogP contribution in [0.25, 0.3) is 0 Å². The third-order valence-corrected chi connectivity index (χ3v) is 4.21. The molecule has 0 bridgehead atoms. The normalized spacial score (nSPS) is 11.7. The number of anilines is 1. The number of benzene rings is 2. The summed E-state index contributed by atoms with van der Waals surface area (Å²) in [7, 11) is 0. The van der Waals surface area contributed by atoms with Gasteiger partial charge < -0.3 is 14.8 Å². The van der Waals surface area contributed by atoms with Crippen LogP contribution in [0.3, 0.4) is 0 Å². The van der Waals surface area contributed by atoms with Crippen molar-refractivity contribution in [3.05, 3.63) is 59.1 Å². The van der Waals surface area contributed by atoms with E-state index in [1.165, 1.54) is 0 Å². The molecule has 2 aromatic rings. The van der Waals surface area contributed by atoms with Gasteiger partial charge in [0.05, 0.1) is 18.2 Å². The number of hydrogen-bond donors (Lipinski definition) is 1. The number of amides is 1. The molecule has 1 atom stereocenters. The Morgan fingerprint density at radius 3 is 2.37 bits per heavy atom. The lowest BCUT2D eigenvalue weighted by Gasteiger charge is -2.20. The van der Waals surface area contributed by atoms with E-state index < -0.39 is 17.8 Å². The van der Waals surface area contributed by atoms with Crippen molar-refractivity contribution in [2.45, 2.75) is 26.7 Å². The van der Waals surface area contributed by atoms with Gasteiger partial charge in [0.2, 0.25) is 0 Å². The lowest BCUT2D eigenvalue weighted by atomic mass is 9.88. The molecule has 0 unspecified atom stereocenters. The summed E-state index contributed by atoms with van der Waals surface area (Å²) in [6, 6.07) is 14.2. The number of halogens is 1. The molecule has 0 heterocycles. The topological polar surface area (TPSA) is 64.6 Å². The van der Waals surface area contributed by atoms with Crippen LogP contribution in [0.15, 0.2) is 48.5 Å². The Labute approximate surface area is 164 Å². The Kier molecular flexibility index (Phi) is 7.67. The SMILES string of the molecule is CCOc1ccccc1NC(=O)COC(=O)[C@H](c1ccc(Cl)cc1)C(C)C. The molecule has 27 heavy (non-hydrogen) atoms. The number of carbonyl (C=O) groups excluding carboxylic acids is 2. The van der Waals surface area contributed by atoms with Gasteiger partial charge in [-0.25, -0.2) is 0 Å². The van der Waals surface area contributed by atoms with Crippen molar-refractivity contribution >= 4 is 29.2 Å². The molecule has 0 saturated heterocycles. The van der Waals surface area contributed by atoms with Gasteiger partial charge >= 0.3 is 5.97 Å². The summed E-state index contributed by atoms with van der Waals surface area (Å²) >= 11 is 5.91. The number of para-hydroxylation sites is 2. The summed E-state index contributed by atoms with van der Waals surface area (Å²) in [5.74, 6) is -0.748. The van der Waals surface area contributed by atoms with Gasteiger partial charge in [0.25, 0.3) is 5.91 Å². The minimum atomic E-state index is -0.467. The first-order valence-electron chi connectivity index (χ1n) is 8.86. The van der Waals surface area contributed by atoms with E-state index in [9.17, 15) is 9.59 Å². The minimum absolute atomic E-state index is 0.0143. The third-order valence-electron chi connectivity index (χ3n) is 3.96. The zero-order valence-electron chi connectivity index (χ0n) is 15.7. The summed E-state index contributed by atoms with van der Waals surface area (Å²) in [4.78, 5) is 24.7. The fraction of sp³-hybridized carbons (Fsp3) is 0.333. The molecule has 0 aromatic heterocycles. The quantitative estimate of drug-likeness (QED) is 0.667. The highest BCUT2D eigenvalue weighted by Gasteiger charge is 2.26. The number of rotatable bonds is 8. The van der Waals surface area contributed by atoms with E-state index in [1.807, 2.05) is 26.8 Å². The van der Waals surface area contributed by atoms with E-state index in [-0.39, 0.29) is 12.5 Å². The summed E-state index contributed by atoms with van der Waals surface area (Å²) in [6.07, 6.45) is 0. The second-order valence-corrected chi connectivity index (χ2v) is 6.79. The van der Waals surface area contributed by atoms with Gasteiger partial charge in [-0.2, -0.15) is 0 Å². The van der Waals surface area contributed by atoms with Crippen LogP contribution in [0.1, 0.15) is 32.3 Å². The molecule has 2 aromatic carbocycles. The fourth-order valence-corrected chi connectivity index (χ4v) is 2.85. The minimum Gasteiger partial charge on any atom is -0.492 e. The molecular weight excluding hydrogens is 366 g/mol. The Balaban J connectivity index is 1.98. The lowest BCUT2D eigenvalue weighted by molar-refractivity contribution is -0.149. The second-order valence-electron chi connectivity index (χ2n) is 6.36. The second kappa shape index (κ2) is 9.97. The van der Waals surface area contributed by atoms with Crippen molar-refractivity contribution in [3.8, 4) is 5.75 Å². The Hall–Kier alpha value is -2.53.